The Morgan fingerprint density at radius 2 is 2.18 bits per heavy atom. The molecule has 1 aromatic heterocycles. The summed E-state index contributed by atoms with van der Waals surface area (Å²) in [6.45, 7) is 3.87. The quantitative estimate of drug-likeness (QED) is 0.848. The predicted octanol–water partition coefficient (Wildman–Crippen LogP) is 1.15. The number of hydrogen-bond donors (Lipinski definition) is 1. The lowest BCUT2D eigenvalue weighted by atomic mass is 10.0. The van der Waals surface area contributed by atoms with Gasteiger partial charge in [-0.15, -0.1) is 0 Å². The van der Waals surface area contributed by atoms with Gasteiger partial charge in [0.2, 0.25) is 5.91 Å². The maximum Gasteiger partial charge on any atom is 0.246 e. The fraction of sp³-hybridized carbons (Fsp3) is 0.529. The zero-order chi connectivity index (χ0) is 15.4. The van der Waals surface area contributed by atoms with Gasteiger partial charge in [-0.05, 0) is 50.1 Å². The molecule has 1 aromatic rings. The Morgan fingerprint density at radius 3 is 2.91 bits per heavy atom. The summed E-state index contributed by atoms with van der Waals surface area (Å²) in [6, 6.07) is 3.75. The second-order valence-electron chi connectivity index (χ2n) is 6.34. The van der Waals surface area contributed by atoms with Crippen molar-refractivity contribution in [3.8, 4) is 0 Å². The molecule has 0 radical (unpaired) electrons. The van der Waals surface area contributed by atoms with Crippen molar-refractivity contribution in [2.75, 3.05) is 32.7 Å². The van der Waals surface area contributed by atoms with Crippen LogP contribution in [0.5, 0.6) is 0 Å². The highest BCUT2D eigenvalue weighted by Crippen LogP contribution is 2.24. The van der Waals surface area contributed by atoms with Gasteiger partial charge >= 0.3 is 0 Å². The first-order valence-electron chi connectivity index (χ1n) is 7.96. The number of aliphatic hydroxyl groups is 1. The highest BCUT2D eigenvalue weighted by atomic mass is 16.3. The molecule has 2 aliphatic heterocycles. The number of rotatable bonds is 4. The molecule has 5 heteroatoms. The molecule has 22 heavy (non-hydrogen) atoms. The van der Waals surface area contributed by atoms with Gasteiger partial charge in [0.05, 0.1) is 12.1 Å². The Hall–Kier alpha value is -1.72. The summed E-state index contributed by atoms with van der Waals surface area (Å²) < 4.78 is 0. The third-order valence-electron chi connectivity index (χ3n) is 4.46. The summed E-state index contributed by atoms with van der Waals surface area (Å²) in [6.07, 6.45) is 9.86. The maximum absolute atomic E-state index is 12.2. The largest absolute Gasteiger partial charge is 0.387 e. The monoisotopic (exact) mass is 301 g/mol. The lowest BCUT2D eigenvalue weighted by molar-refractivity contribution is -0.126. The van der Waals surface area contributed by atoms with Crippen molar-refractivity contribution in [1.82, 2.24) is 14.8 Å². The number of likely N-dealkylation sites (tertiary alicyclic amines) is 2. The zero-order valence-corrected chi connectivity index (χ0v) is 12.8. The number of carbonyl (C=O) groups is 1. The molecular formula is C17H23N3O2. The summed E-state index contributed by atoms with van der Waals surface area (Å²) in [5, 5.41) is 10.7. The molecule has 0 spiro atoms. The van der Waals surface area contributed by atoms with Gasteiger partial charge < -0.3 is 14.9 Å². The first-order chi connectivity index (χ1) is 10.6. The van der Waals surface area contributed by atoms with E-state index in [4.69, 9.17) is 0 Å². The van der Waals surface area contributed by atoms with Crippen LogP contribution in [0.1, 0.15) is 24.8 Å². The highest BCUT2D eigenvalue weighted by Gasteiger charge is 2.39. The Morgan fingerprint density at radius 1 is 1.36 bits per heavy atom. The van der Waals surface area contributed by atoms with Crippen molar-refractivity contribution in [2.45, 2.75) is 24.9 Å². The van der Waals surface area contributed by atoms with E-state index in [1.54, 1.807) is 29.4 Å². The van der Waals surface area contributed by atoms with E-state index in [2.05, 4.69) is 9.88 Å². The van der Waals surface area contributed by atoms with Gasteiger partial charge in [-0.3, -0.25) is 9.78 Å². The van der Waals surface area contributed by atoms with Crippen LogP contribution in [0.25, 0.3) is 6.08 Å². The molecule has 1 atom stereocenters. The maximum atomic E-state index is 12.2. The van der Waals surface area contributed by atoms with Gasteiger partial charge in [0.1, 0.15) is 0 Å². The minimum atomic E-state index is -0.748. The molecule has 0 aliphatic carbocycles. The van der Waals surface area contributed by atoms with E-state index in [9.17, 15) is 9.90 Å². The Kier molecular flexibility index (Phi) is 4.55. The second-order valence-corrected chi connectivity index (χ2v) is 6.34. The molecule has 0 bridgehead atoms. The normalized spacial score (nSPS) is 26.1. The molecular weight excluding hydrogens is 278 g/mol. The molecule has 5 nitrogen and oxygen atoms in total. The van der Waals surface area contributed by atoms with Crippen molar-refractivity contribution in [3.63, 3.8) is 0 Å². The van der Waals surface area contributed by atoms with E-state index >= 15 is 0 Å². The van der Waals surface area contributed by atoms with Crippen molar-refractivity contribution in [2.24, 2.45) is 0 Å². The average Bonchev–Trinajstić information content (AvgIpc) is 3.16. The minimum Gasteiger partial charge on any atom is -0.387 e. The number of β-amino-alcohol motifs (C(OH)–C–C–N with tert-alkyl or cyclic N) is 1. The highest BCUT2D eigenvalue weighted by molar-refractivity contribution is 5.92. The predicted molar refractivity (Wildman–Crippen MR) is 85.1 cm³/mol. The lowest BCUT2D eigenvalue weighted by Gasteiger charge is -2.28. The van der Waals surface area contributed by atoms with E-state index in [-0.39, 0.29) is 5.91 Å². The third kappa shape index (κ3) is 3.72. The molecule has 0 aromatic carbocycles. The second kappa shape index (κ2) is 6.58. The number of amides is 1. The summed E-state index contributed by atoms with van der Waals surface area (Å²) >= 11 is 0. The van der Waals surface area contributed by atoms with Crippen molar-refractivity contribution in [1.29, 1.82) is 0 Å². The van der Waals surface area contributed by atoms with Gasteiger partial charge in [0, 0.05) is 31.6 Å². The average molecular weight is 301 g/mol. The molecule has 118 valence electrons. The van der Waals surface area contributed by atoms with Crippen LogP contribution in [-0.4, -0.2) is 64.1 Å². The van der Waals surface area contributed by atoms with Crippen LogP contribution >= 0.6 is 0 Å². The van der Waals surface area contributed by atoms with E-state index in [0.717, 1.165) is 18.7 Å². The molecule has 2 aliphatic rings. The first kappa shape index (κ1) is 15.2. The van der Waals surface area contributed by atoms with Crippen LogP contribution in [-0.2, 0) is 4.79 Å². The van der Waals surface area contributed by atoms with Crippen LogP contribution in [0.3, 0.4) is 0 Å². The number of nitrogens with zero attached hydrogens (tertiary/aromatic N) is 3. The SMILES string of the molecule is O=C(/C=C/c1cccnc1)N1CCC(O)(CN2CCCC2)C1. The summed E-state index contributed by atoms with van der Waals surface area (Å²) in [5.74, 6) is -0.0406. The molecule has 0 saturated carbocycles. The molecule has 3 heterocycles. The molecule has 1 N–H and O–H groups in total. The van der Waals surface area contributed by atoms with Gasteiger partial charge in [0.25, 0.3) is 0 Å². The summed E-state index contributed by atoms with van der Waals surface area (Å²) in [4.78, 5) is 20.3. The molecule has 1 amide bonds. The van der Waals surface area contributed by atoms with Crippen LogP contribution in [0.4, 0.5) is 0 Å². The van der Waals surface area contributed by atoms with Crippen molar-refractivity contribution >= 4 is 12.0 Å². The first-order valence-corrected chi connectivity index (χ1v) is 7.96. The number of hydrogen-bond acceptors (Lipinski definition) is 4. The Bertz CT molecular complexity index is 540. The smallest absolute Gasteiger partial charge is 0.246 e. The number of carbonyl (C=O) groups excluding carboxylic acids is 1. The Labute approximate surface area is 131 Å². The molecule has 1 unspecified atom stereocenters. The topological polar surface area (TPSA) is 56.7 Å². The van der Waals surface area contributed by atoms with Crippen molar-refractivity contribution < 1.29 is 9.90 Å². The van der Waals surface area contributed by atoms with Crippen LogP contribution < -0.4 is 0 Å². The van der Waals surface area contributed by atoms with E-state index < -0.39 is 5.60 Å². The summed E-state index contributed by atoms with van der Waals surface area (Å²) in [7, 11) is 0. The Balaban J connectivity index is 1.55. The van der Waals surface area contributed by atoms with E-state index in [1.807, 2.05) is 12.1 Å². The van der Waals surface area contributed by atoms with E-state index in [1.165, 1.54) is 12.8 Å². The fourth-order valence-corrected chi connectivity index (χ4v) is 3.28. The van der Waals surface area contributed by atoms with Crippen LogP contribution in [0.15, 0.2) is 30.6 Å². The van der Waals surface area contributed by atoms with Crippen molar-refractivity contribution in [3.05, 3.63) is 36.2 Å². The number of aromatic nitrogens is 1. The van der Waals surface area contributed by atoms with Crippen LogP contribution in [0, 0.1) is 0 Å². The van der Waals surface area contributed by atoms with E-state index in [0.29, 0.717) is 26.1 Å². The molecule has 2 saturated heterocycles. The van der Waals surface area contributed by atoms with Gasteiger partial charge in [-0.1, -0.05) is 6.07 Å². The molecule has 3 rings (SSSR count). The standard InChI is InChI=1S/C17H23N3O2/c21-16(6-5-15-4-3-8-18-12-15)20-11-7-17(22,14-20)13-19-9-1-2-10-19/h3-6,8,12,22H,1-2,7,9-11,13-14H2/b6-5+. The lowest BCUT2D eigenvalue weighted by Crippen LogP contribution is -2.44. The fourth-order valence-electron chi connectivity index (χ4n) is 3.28. The van der Waals surface area contributed by atoms with Gasteiger partial charge in [-0.2, -0.15) is 0 Å². The third-order valence-corrected chi connectivity index (χ3v) is 4.46. The molecule has 2 fully saturated rings. The van der Waals surface area contributed by atoms with Crippen LogP contribution in [0.2, 0.25) is 0 Å². The van der Waals surface area contributed by atoms with Gasteiger partial charge in [0.15, 0.2) is 0 Å². The number of pyridine rings is 1. The van der Waals surface area contributed by atoms with Gasteiger partial charge in [-0.25, -0.2) is 0 Å². The zero-order valence-electron chi connectivity index (χ0n) is 12.8. The summed E-state index contributed by atoms with van der Waals surface area (Å²) in [5.41, 5.74) is 0.157. The minimum absolute atomic E-state index is 0.0406.